The first kappa shape index (κ1) is 18.5. The molecule has 1 heterocycles. The molecule has 1 amide bonds. The van der Waals surface area contributed by atoms with Crippen LogP contribution in [0.3, 0.4) is 0 Å². The van der Waals surface area contributed by atoms with Crippen LogP contribution in [0.1, 0.15) is 30.9 Å². The average molecular weight is 352 g/mol. The number of amides is 1. The summed E-state index contributed by atoms with van der Waals surface area (Å²) in [4.78, 5) is 14.8. The third kappa shape index (κ3) is 5.33. The molecule has 0 radical (unpaired) electrons. The molecule has 0 aliphatic carbocycles. The normalized spacial score (nSPS) is 15.6. The van der Waals surface area contributed by atoms with Crippen LogP contribution in [0, 0.1) is 5.92 Å². The summed E-state index contributed by atoms with van der Waals surface area (Å²) in [5, 5.41) is 3.08. The van der Waals surface area contributed by atoms with Crippen molar-refractivity contribution >= 4 is 5.91 Å². The highest BCUT2D eigenvalue weighted by molar-refractivity contribution is 5.78. The van der Waals surface area contributed by atoms with Gasteiger partial charge in [0.15, 0.2) is 0 Å². The number of likely N-dealkylation sites (tertiary alicyclic amines) is 1. The molecule has 1 aliphatic rings. The molecule has 2 aromatic rings. The van der Waals surface area contributed by atoms with Crippen molar-refractivity contribution in [2.45, 2.75) is 32.9 Å². The fraction of sp³-hybridized carbons (Fsp3) is 0.409. The molecule has 1 aliphatic heterocycles. The molecule has 4 heteroatoms. The minimum Gasteiger partial charge on any atom is -0.494 e. The van der Waals surface area contributed by atoms with E-state index in [-0.39, 0.29) is 11.8 Å². The molecule has 1 fully saturated rings. The van der Waals surface area contributed by atoms with E-state index in [1.54, 1.807) is 0 Å². The Morgan fingerprint density at radius 2 is 1.81 bits per heavy atom. The number of nitrogens with one attached hydrogen (secondary N) is 1. The number of piperidine rings is 1. The third-order valence-corrected chi connectivity index (χ3v) is 4.88. The second-order valence-electron chi connectivity index (χ2n) is 6.83. The van der Waals surface area contributed by atoms with Gasteiger partial charge in [0.2, 0.25) is 5.91 Å². The molecule has 0 aromatic heterocycles. The van der Waals surface area contributed by atoms with Gasteiger partial charge in [-0.1, -0.05) is 42.5 Å². The Kier molecular flexibility index (Phi) is 6.67. The molecule has 0 unspecified atom stereocenters. The van der Waals surface area contributed by atoms with Crippen molar-refractivity contribution in [2.75, 3.05) is 19.7 Å². The zero-order valence-corrected chi connectivity index (χ0v) is 15.5. The van der Waals surface area contributed by atoms with Gasteiger partial charge >= 0.3 is 0 Å². The standard InChI is InChI=1S/C22H28N2O2/c1-2-26-21-10-6-9-19(15-21)17-24-13-11-20(12-14-24)22(25)23-16-18-7-4-3-5-8-18/h3-10,15,20H,2,11-14,16-17H2,1H3,(H,23,25). The van der Waals surface area contributed by atoms with Crippen molar-refractivity contribution in [1.82, 2.24) is 10.2 Å². The number of hydrogen-bond donors (Lipinski definition) is 1. The summed E-state index contributed by atoms with van der Waals surface area (Å²) in [5.74, 6) is 1.25. The van der Waals surface area contributed by atoms with Crippen LogP contribution in [0.25, 0.3) is 0 Å². The van der Waals surface area contributed by atoms with E-state index >= 15 is 0 Å². The summed E-state index contributed by atoms with van der Waals surface area (Å²) in [7, 11) is 0. The summed E-state index contributed by atoms with van der Waals surface area (Å²) in [6, 6.07) is 18.4. The number of rotatable bonds is 7. The lowest BCUT2D eigenvalue weighted by Crippen LogP contribution is -2.40. The van der Waals surface area contributed by atoms with Gasteiger partial charge in [-0.2, -0.15) is 0 Å². The number of carbonyl (C=O) groups excluding carboxylic acids is 1. The lowest BCUT2D eigenvalue weighted by Gasteiger charge is -2.31. The van der Waals surface area contributed by atoms with Crippen LogP contribution in [0.5, 0.6) is 5.75 Å². The van der Waals surface area contributed by atoms with Gasteiger partial charge in [-0.3, -0.25) is 9.69 Å². The Morgan fingerprint density at radius 3 is 2.54 bits per heavy atom. The Hall–Kier alpha value is -2.33. The van der Waals surface area contributed by atoms with Crippen molar-refractivity contribution in [1.29, 1.82) is 0 Å². The van der Waals surface area contributed by atoms with E-state index in [4.69, 9.17) is 4.74 Å². The smallest absolute Gasteiger partial charge is 0.223 e. The molecular weight excluding hydrogens is 324 g/mol. The van der Waals surface area contributed by atoms with Crippen molar-refractivity contribution in [3.63, 3.8) is 0 Å². The molecule has 0 atom stereocenters. The highest BCUT2D eigenvalue weighted by Gasteiger charge is 2.24. The van der Waals surface area contributed by atoms with Gasteiger partial charge < -0.3 is 10.1 Å². The lowest BCUT2D eigenvalue weighted by atomic mass is 9.95. The number of nitrogens with zero attached hydrogens (tertiary/aromatic N) is 1. The number of hydrogen-bond acceptors (Lipinski definition) is 3. The second kappa shape index (κ2) is 9.39. The fourth-order valence-corrected chi connectivity index (χ4v) is 3.44. The van der Waals surface area contributed by atoms with Crippen LogP contribution in [0.15, 0.2) is 54.6 Å². The summed E-state index contributed by atoms with van der Waals surface area (Å²) < 4.78 is 5.58. The Bertz CT molecular complexity index is 694. The molecular formula is C22H28N2O2. The monoisotopic (exact) mass is 352 g/mol. The Morgan fingerprint density at radius 1 is 1.08 bits per heavy atom. The fourth-order valence-electron chi connectivity index (χ4n) is 3.44. The predicted octanol–water partition coefficient (Wildman–Crippen LogP) is 3.61. The van der Waals surface area contributed by atoms with Crippen molar-refractivity contribution < 1.29 is 9.53 Å². The molecule has 0 bridgehead atoms. The SMILES string of the molecule is CCOc1cccc(CN2CCC(C(=O)NCc3ccccc3)CC2)c1. The zero-order valence-electron chi connectivity index (χ0n) is 15.5. The summed E-state index contributed by atoms with van der Waals surface area (Å²) in [5.41, 5.74) is 2.41. The molecule has 138 valence electrons. The van der Waals surface area contributed by atoms with Crippen molar-refractivity contribution in [2.24, 2.45) is 5.92 Å². The van der Waals surface area contributed by atoms with Gasteiger partial charge in [0, 0.05) is 19.0 Å². The molecule has 0 saturated carbocycles. The van der Waals surface area contributed by atoms with E-state index in [0.29, 0.717) is 13.2 Å². The topological polar surface area (TPSA) is 41.6 Å². The molecule has 26 heavy (non-hydrogen) atoms. The molecule has 3 rings (SSSR count). The Balaban J connectivity index is 1.43. The first-order valence-corrected chi connectivity index (χ1v) is 9.50. The van der Waals surface area contributed by atoms with Gasteiger partial charge in [-0.05, 0) is 56.1 Å². The number of ether oxygens (including phenoxy) is 1. The largest absolute Gasteiger partial charge is 0.494 e. The average Bonchev–Trinajstić information content (AvgIpc) is 2.68. The van der Waals surface area contributed by atoms with Gasteiger partial charge in [0.25, 0.3) is 0 Å². The first-order valence-electron chi connectivity index (χ1n) is 9.50. The second-order valence-corrected chi connectivity index (χ2v) is 6.83. The Labute approximate surface area is 156 Å². The van der Waals surface area contributed by atoms with Crippen LogP contribution in [-0.2, 0) is 17.9 Å². The summed E-state index contributed by atoms with van der Waals surface area (Å²) in [6.45, 7) is 6.14. The number of benzene rings is 2. The van der Waals surface area contributed by atoms with Crippen molar-refractivity contribution in [3.8, 4) is 5.75 Å². The minimum absolute atomic E-state index is 0.129. The lowest BCUT2D eigenvalue weighted by molar-refractivity contribution is -0.126. The van der Waals surface area contributed by atoms with Crippen LogP contribution in [0.2, 0.25) is 0 Å². The van der Waals surface area contributed by atoms with E-state index in [9.17, 15) is 4.79 Å². The molecule has 4 nitrogen and oxygen atoms in total. The van der Waals surface area contributed by atoms with E-state index < -0.39 is 0 Å². The van der Waals surface area contributed by atoms with E-state index in [2.05, 4.69) is 22.3 Å². The third-order valence-electron chi connectivity index (χ3n) is 4.88. The maximum atomic E-state index is 12.4. The van der Waals surface area contributed by atoms with E-state index in [0.717, 1.165) is 43.8 Å². The predicted molar refractivity (Wildman–Crippen MR) is 104 cm³/mol. The molecule has 2 aromatic carbocycles. The van der Waals surface area contributed by atoms with Gasteiger partial charge in [-0.25, -0.2) is 0 Å². The van der Waals surface area contributed by atoms with Gasteiger partial charge in [-0.15, -0.1) is 0 Å². The minimum atomic E-state index is 0.129. The van der Waals surface area contributed by atoms with Gasteiger partial charge in [0.05, 0.1) is 6.61 Å². The highest BCUT2D eigenvalue weighted by atomic mass is 16.5. The number of carbonyl (C=O) groups is 1. The summed E-state index contributed by atoms with van der Waals surface area (Å²) in [6.07, 6.45) is 1.84. The van der Waals surface area contributed by atoms with Crippen LogP contribution in [0.4, 0.5) is 0 Å². The highest BCUT2D eigenvalue weighted by Crippen LogP contribution is 2.21. The van der Waals surface area contributed by atoms with Crippen LogP contribution >= 0.6 is 0 Å². The van der Waals surface area contributed by atoms with Crippen molar-refractivity contribution in [3.05, 3.63) is 65.7 Å². The molecule has 1 saturated heterocycles. The zero-order chi connectivity index (χ0) is 18.2. The quantitative estimate of drug-likeness (QED) is 0.828. The van der Waals surface area contributed by atoms with Gasteiger partial charge in [0.1, 0.15) is 5.75 Å². The molecule has 1 N–H and O–H groups in total. The maximum absolute atomic E-state index is 12.4. The maximum Gasteiger partial charge on any atom is 0.223 e. The molecule has 0 spiro atoms. The van der Waals surface area contributed by atoms with E-state index in [1.165, 1.54) is 5.56 Å². The van der Waals surface area contributed by atoms with E-state index in [1.807, 2.05) is 49.4 Å². The summed E-state index contributed by atoms with van der Waals surface area (Å²) >= 11 is 0. The first-order chi connectivity index (χ1) is 12.7. The van der Waals surface area contributed by atoms with Crippen LogP contribution in [-0.4, -0.2) is 30.5 Å². The van der Waals surface area contributed by atoms with Crippen LogP contribution < -0.4 is 10.1 Å².